The van der Waals surface area contributed by atoms with Gasteiger partial charge in [0.25, 0.3) is 0 Å². The number of rotatable bonds is 1. The zero-order chi connectivity index (χ0) is 11.7. The Kier molecular flexibility index (Phi) is 3.26. The second kappa shape index (κ2) is 4.52. The summed E-state index contributed by atoms with van der Waals surface area (Å²) < 4.78 is 27.6. The van der Waals surface area contributed by atoms with Crippen LogP contribution in [0.15, 0.2) is 34.8 Å². The fraction of sp³-hybridized carbons (Fsp3) is 0. The van der Waals surface area contributed by atoms with Crippen molar-refractivity contribution >= 4 is 27.5 Å². The molecule has 0 atom stereocenters. The molecule has 0 heterocycles. The first kappa shape index (κ1) is 11.6. The number of hydrogen-bond acceptors (Lipinski definition) is 0. The molecule has 0 spiro atoms. The molecule has 0 N–H and O–H groups in total. The molecule has 0 bridgehead atoms. The van der Waals surface area contributed by atoms with E-state index in [9.17, 15) is 8.78 Å². The van der Waals surface area contributed by atoms with E-state index >= 15 is 0 Å². The summed E-state index contributed by atoms with van der Waals surface area (Å²) in [4.78, 5) is 0. The van der Waals surface area contributed by atoms with E-state index in [2.05, 4.69) is 22.0 Å². The second-order valence-electron chi connectivity index (χ2n) is 3.17. The van der Waals surface area contributed by atoms with Crippen molar-refractivity contribution in [3.63, 3.8) is 0 Å². The molecule has 0 aliphatic carbocycles. The van der Waals surface area contributed by atoms with Gasteiger partial charge in [-0.25, -0.2) is 8.78 Å². The van der Waals surface area contributed by atoms with Gasteiger partial charge in [-0.15, -0.1) is 0 Å². The van der Waals surface area contributed by atoms with Crippen molar-refractivity contribution < 1.29 is 8.78 Å². The van der Waals surface area contributed by atoms with E-state index in [4.69, 9.17) is 11.6 Å². The Bertz CT molecular complexity index is 541. The smallest absolute Gasteiger partial charge is 0.132 e. The zero-order valence-corrected chi connectivity index (χ0v) is 10.2. The SMILES string of the molecule is Fc1cc(Cl)ccc1-c1cc(Br)[c]cc1F. The van der Waals surface area contributed by atoms with Gasteiger partial charge in [0.15, 0.2) is 0 Å². The molecule has 2 aromatic rings. The Morgan fingerprint density at radius 1 is 1.06 bits per heavy atom. The summed E-state index contributed by atoms with van der Waals surface area (Å²) in [6, 6.07) is 9.39. The van der Waals surface area contributed by atoms with Gasteiger partial charge in [0, 0.05) is 26.7 Å². The van der Waals surface area contributed by atoms with Crippen molar-refractivity contribution in [2.45, 2.75) is 0 Å². The van der Waals surface area contributed by atoms with Crippen LogP contribution >= 0.6 is 27.5 Å². The van der Waals surface area contributed by atoms with Crippen LogP contribution in [0.2, 0.25) is 5.02 Å². The monoisotopic (exact) mass is 301 g/mol. The average molecular weight is 303 g/mol. The predicted molar refractivity (Wildman–Crippen MR) is 63.3 cm³/mol. The van der Waals surface area contributed by atoms with E-state index < -0.39 is 11.6 Å². The molecule has 0 aromatic heterocycles. The van der Waals surface area contributed by atoms with Crippen LogP contribution in [0.1, 0.15) is 0 Å². The van der Waals surface area contributed by atoms with Gasteiger partial charge in [0.1, 0.15) is 11.6 Å². The first-order valence-corrected chi connectivity index (χ1v) is 5.57. The van der Waals surface area contributed by atoms with Crippen LogP contribution in [0.3, 0.4) is 0 Å². The molecule has 0 nitrogen and oxygen atoms in total. The number of halogens is 4. The third-order valence-corrected chi connectivity index (χ3v) is 2.78. The highest BCUT2D eigenvalue weighted by molar-refractivity contribution is 9.10. The number of benzene rings is 2. The fourth-order valence-corrected chi connectivity index (χ4v) is 1.86. The molecule has 16 heavy (non-hydrogen) atoms. The van der Waals surface area contributed by atoms with Gasteiger partial charge in [-0.2, -0.15) is 0 Å². The topological polar surface area (TPSA) is 0 Å². The maximum atomic E-state index is 13.6. The Labute approximate surface area is 105 Å². The largest absolute Gasteiger partial charge is 0.206 e. The van der Waals surface area contributed by atoms with Crippen LogP contribution in [0.5, 0.6) is 0 Å². The molecule has 0 amide bonds. The maximum absolute atomic E-state index is 13.6. The van der Waals surface area contributed by atoms with Crippen LogP contribution in [-0.4, -0.2) is 0 Å². The molecule has 0 fully saturated rings. The van der Waals surface area contributed by atoms with E-state index in [0.717, 1.165) is 12.1 Å². The highest BCUT2D eigenvalue weighted by Crippen LogP contribution is 2.29. The summed E-state index contributed by atoms with van der Waals surface area (Å²) in [5, 5.41) is 0.281. The molecule has 0 aliphatic rings. The highest BCUT2D eigenvalue weighted by Gasteiger charge is 2.10. The van der Waals surface area contributed by atoms with Gasteiger partial charge in [-0.05, 0) is 30.3 Å². The van der Waals surface area contributed by atoms with Gasteiger partial charge in [0.2, 0.25) is 0 Å². The normalized spacial score (nSPS) is 10.5. The molecular formula is C12H5BrClF2. The highest BCUT2D eigenvalue weighted by atomic mass is 79.9. The van der Waals surface area contributed by atoms with Crippen LogP contribution in [0, 0.1) is 17.7 Å². The maximum Gasteiger partial charge on any atom is 0.132 e. The molecular weight excluding hydrogens is 297 g/mol. The molecule has 0 aliphatic heterocycles. The quantitative estimate of drug-likeness (QED) is 0.706. The molecule has 2 aromatic carbocycles. The molecule has 81 valence electrons. The zero-order valence-electron chi connectivity index (χ0n) is 7.90. The number of hydrogen-bond donors (Lipinski definition) is 0. The summed E-state index contributed by atoms with van der Waals surface area (Å²) in [6.45, 7) is 0. The summed E-state index contributed by atoms with van der Waals surface area (Å²) in [5.41, 5.74) is 0.358. The fourth-order valence-electron chi connectivity index (χ4n) is 1.36. The van der Waals surface area contributed by atoms with E-state index in [-0.39, 0.29) is 16.1 Å². The first-order valence-electron chi connectivity index (χ1n) is 4.40. The van der Waals surface area contributed by atoms with Crippen molar-refractivity contribution in [3.05, 3.63) is 57.5 Å². The summed E-state index contributed by atoms with van der Waals surface area (Å²) in [5.74, 6) is -1.08. The minimum atomic E-state index is -0.551. The Morgan fingerprint density at radius 3 is 2.50 bits per heavy atom. The van der Waals surface area contributed by atoms with Gasteiger partial charge in [-0.1, -0.05) is 27.5 Å². The van der Waals surface area contributed by atoms with E-state index in [1.165, 1.54) is 18.2 Å². The van der Waals surface area contributed by atoms with Crippen molar-refractivity contribution in [2.24, 2.45) is 0 Å². The van der Waals surface area contributed by atoms with E-state index in [0.29, 0.717) is 4.47 Å². The standard InChI is InChI=1S/C12H5BrClF2/c13-7-1-4-11(15)10(5-7)9-3-2-8(14)6-12(9)16/h2-6H. The van der Waals surface area contributed by atoms with E-state index in [1.807, 2.05) is 0 Å². The van der Waals surface area contributed by atoms with Gasteiger partial charge < -0.3 is 0 Å². The lowest BCUT2D eigenvalue weighted by atomic mass is 10.0. The van der Waals surface area contributed by atoms with Gasteiger partial charge in [-0.3, -0.25) is 0 Å². The molecule has 0 saturated heterocycles. The average Bonchev–Trinajstić information content (AvgIpc) is 2.22. The summed E-state index contributed by atoms with van der Waals surface area (Å²) in [7, 11) is 0. The summed E-state index contributed by atoms with van der Waals surface area (Å²) in [6.07, 6.45) is 0. The minimum Gasteiger partial charge on any atom is -0.206 e. The third-order valence-electron chi connectivity index (χ3n) is 2.09. The van der Waals surface area contributed by atoms with Gasteiger partial charge in [0.05, 0.1) is 0 Å². The molecule has 2 rings (SSSR count). The molecule has 0 unspecified atom stereocenters. The molecule has 4 heteroatoms. The van der Waals surface area contributed by atoms with Crippen LogP contribution < -0.4 is 0 Å². The first-order chi connectivity index (χ1) is 7.58. The molecule has 0 saturated carbocycles. The van der Waals surface area contributed by atoms with Crippen molar-refractivity contribution in [3.8, 4) is 11.1 Å². The van der Waals surface area contributed by atoms with Crippen LogP contribution in [0.25, 0.3) is 11.1 Å². The van der Waals surface area contributed by atoms with Crippen LogP contribution in [0.4, 0.5) is 8.78 Å². The molecule has 1 radical (unpaired) electrons. The second-order valence-corrected chi connectivity index (χ2v) is 4.46. The van der Waals surface area contributed by atoms with Crippen molar-refractivity contribution in [2.75, 3.05) is 0 Å². The lowest BCUT2D eigenvalue weighted by Crippen LogP contribution is -1.88. The lowest BCUT2D eigenvalue weighted by molar-refractivity contribution is 0.616. The van der Waals surface area contributed by atoms with Gasteiger partial charge >= 0.3 is 0 Å². The Balaban J connectivity index is 2.62. The van der Waals surface area contributed by atoms with Crippen LogP contribution in [-0.2, 0) is 0 Å². The minimum absolute atomic E-state index is 0.177. The van der Waals surface area contributed by atoms with E-state index in [1.54, 1.807) is 0 Å². The Morgan fingerprint density at radius 2 is 1.81 bits per heavy atom. The Hall–Kier alpha value is -0.930. The summed E-state index contributed by atoms with van der Waals surface area (Å²) >= 11 is 8.79. The van der Waals surface area contributed by atoms with Crippen molar-refractivity contribution in [1.82, 2.24) is 0 Å². The lowest BCUT2D eigenvalue weighted by Gasteiger charge is -2.05. The third kappa shape index (κ3) is 2.25. The predicted octanol–water partition coefficient (Wildman–Crippen LogP) is 4.85. The van der Waals surface area contributed by atoms with Crippen molar-refractivity contribution in [1.29, 1.82) is 0 Å².